The summed E-state index contributed by atoms with van der Waals surface area (Å²) in [6.07, 6.45) is 11.2. The van der Waals surface area contributed by atoms with Crippen LogP contribution in [0.2, 0.25) is 0 Å². The zero-order chi connectivity index (χ0) is 14.4. The minimum atomic E-state index is 0.779. The average molecular weight is 280 g/mol. The molecular weight excluding hydrogens is 244 g/mol. The molecule has 2 aliphatic rings. The molecule has 0 radical (unpaired) electrons. The van der Waals surface area contributed by atoms with Gasteiger partial charge in [-0.15, -0.1) is 0 Å². The largest absolute Gasteiger partial charge is 0.314 e. The Hall–Kier alpha value is -0.0800. The van der Waals surface area contributed by atoms with E-state index in [2.05, 4.69) is 31.0 Å². The third-order valence-corrected chi connectivity index (χ3v) is 5.56. The van der Waals surface area contributed by atoms with Crippen molar-refractivity contribution in [2.75, 3.05) is 19.6 Å². The van der Waals surface area contributed by atoms with Crippen LogP contribution in [0.1, 0.15) is 72.1 Å². The second-order valence-electron chi connectivity index (χ2n) is 7.43. The third kappa shape index (κ3) is 4.73. The van der Waals surface area contributed by atoms with Crippen LogP contribution in [-0.2, 0) is 0 Å². The first kappa shape index (κ1) is 16.3. The summed E-state index contributed by atoms with van der Waals surface area (Å²) in [5.74, 6) is 1.81. The van der Waals surface area contributed by atoms with Crippen LogP contribution in [0.3, 0.4) is 0 Å². The average Bonchev–Trinajstić information content (AvgIpc) is 2.63. The molecule has 4 unspecified atom stereocenters. The Morgan fingerprint density at radius 2 is 1.90 bits per heavy atom. The molecule has 0 spiro atoms. The highest BCUT2D eigenvalue weighted by Gasteiger charge is 2.30. The van der Waals surface area contributed by atoms with Crippen LogP contribution in [-0.4, -0.2) is 36.6 Å². The molecule has 0 aromatic heterocycles. The summed E-state index contributed by atoms with van der Waals surface area (Å²) in [7, 11) is 0. The molecule has 0 aromatic rings. The SMILES string of the molecule is CCCNC1CCC(C)CC1CN1CCCCCC1C. The summed E-state index contributed by atoms with van der Waals surface area (Å²) in [6.45, 7) is 11.1. The number of hydrogen-bond donors (Lipinski definition) is 1. The van der Waals surface area contributed by atoms with Gasteiger partial charge in [-0.25, -0.2) is 0 Å². The van der Waals surface area contributed by atoms with Gasteiger partial charge in [0.2, 0.25) is 0 Å². The van der Waals surface area contributed by atoms with Crippen molar-refractivity contribution in [3.63, 3.8) is 0 Å². The first-order valence-electron chi connectivity index (χ1n) is 9.18. The van der Waals surface area contributed by atoms with Gasteiger partial charge in [0.15, 0.2) is 0 Å². The fraction of sp³-hybridized carbons (Fsp3) is 1.00. The molecular formula is C18H36N2. The molecule has 1 heterocycles. The van der Waals surface area contributed by atoms with Gasteiger partial charge in [-0.1, -0.05) is 26.7 Å². The number of nitrogens with zero attached hydrogens (tertiary/aromatic N) is 1. The lowest BCUT2D eigenvalue weighted by atomic mass is 9.78. The van der Waals surface area contributed by atoms with E-state index in [1.165, 1.54) is 71.0 Å². The van der Waals surface area contributed by atoms with Gasteiger partial charge < -0.3 is 10.2 Å². The maximum Gasteiger partial charge on any atom is 0.0108 e. The lowest BCUT2D eigenvalue weighted by Gasteiger charge is -2.40. The molecule has 1 aliphatic heterocycles. The molecule has 0 amide bonds. The van der Waals surface area contributed by atoms with Gasteiger partial charge in [0.1, 0.15) is 0 Å². The van der Waals surface area contributed by atoms with E-state index in [9.17, 15) is 0 Å². The van der Waals surface area contributed by atoms with Crippen LogP contribution in [0.25, 0.3) is 0 Å². The van der Waals surface area contributed by atoms with Crippen LogP contribution in [0.4, 0.5) is 0 Å². The molecule has 0 bridgehead atoms. The molecule has 20 heavy (non-hydrogen) atoms. The standard InChI is InChI=1S/C18H36N2/c1-4-11-19-18-10-9-15(2)13-17(18)14-20-12-7-5-6-8-16(20)3/h15-19H,4-14H2,1-3H3. The van der Waals surface area contributed by atoms with Crippen molar-refractivity contribution in [2.24, 2.45) is 11.8 Å². The van der Waals surface area contributed by atoms with Crippen LogP contribution in [0.5, 0.6) is 0 Å². The van der Waals surface area contributed by atoms with Gasteiger partial charge in [-0.2, -0.15) is 0 Å². The van der Waals surface area contributed by atoms with Crippen LogP contribution < -0.4 is 5.32 Å². The Labute approximate surface area is 126 Å². The van der Waals surface area contributed by atoms with E-state index in [-0.39, 0.29) is 0 Å². The summed E-state index contributed by atoms with van der Waals surface area (Å²) < 4.78 is 0. The maximum atomic E-state index is 3.84. The lowest BCUT2D eigenvalue weighted by molar-refractivity contribution is 0.120. The van der Waals surface area contributed by atoms with Crippen molar-refractivity contribution in [3.05, 3.63) is 0 Å². The van der Waals surface area contributed by atoms with E-state index < -0.39 is 0 Å². The Balaban J connectivity index is 1.91. The topological polar surface area (TPSA) is 15.3 Å². The van der Waals surface area contributed by atoms with E-state index in [1.54, 1.807) is 0 Å². The van der Waals surface area contributed by atoms with E-state index in [1.807, 2.05) is 0 Å². The van der Waals surface area contributed by atoms with Crippen molar-refractivity contribution in [1.82, 2.24) is 10.2 Å². The Morgan fingerprint density at radius 3 is 2.70 bits per heavy atom. The highest BCUT2D eigenvalue weighted by molar-refractivity contribution is 4.87. The normalized spacial score (nSPS) is 36.8. The van der Waals surface area contributed by atoms with E-state index in [0.29, 0.717) is 0 Å². The van der Waals surface area contributed by atoms with Gasteiger partial charge in [0.05, 0.1) is 0 Å². The number of likely N-dealkylation sites (tertiary alicyclic amines) is 1. The second-order valence-corrected chi connectivity index (χ2v) is 7.43. The highest BCUT2D eigenvalue weighted by atomic mass is 15.2. The maximum absolute atomic E-state index is 3.84. The molecule has 1 saturated heterocycles. The summed E-state index contributed by atoms with van der Waals surface area (Å²) in [4.78, 5) is 2.80. The summed E-state index contributed by atoms with van der Waals surface area (Å²) in [5.41, 5.74) is 0. The highest BCUT2D eigenvalue weighted by Crippen LogP contribution is 2.31. The molecule has 2 heteroatoms. The van der Waals surface area contributed by atoms with Gasteiger partial charge in [-0.3, -0.25) is 0 Å². The first-order valence-corrected chi connectivity index (χ1v) is 9.18. The molecule has 4 atom stereocenters. The van der Waals surface area contributed by atoms with Gasteiger partial charge in [0, 0.05) is 18.6 Å². The van der Waals surface area contributed by atoms with Crippen LogP contribution >= 0.6 is 0 Å². The first-order chi connectivity index (χ1) is 9.70. The Kier molecular flexibility index (Phi) is 6.83. The van der Waals surface area contributed by atoms with Crippen molar-refractivity contribution in [1.29, 1.82) is 0 Å². The minimum Gasteiger partial charge on any atom is -0.314 e. The van der Waals surface area contributed by atoms with Crippen molar-refractivity contribution >= 4 is 0 Å². The molecule has 1 aliphatic carbocycles. The third-order valence-electron chi connectivity index (χ3n) is 5.56. The van der Waals surface area contributed by atoms with E-state index in [0.717, 1.165) is 23.9 Å². The van der Waals surface area contributed by atoms with Gasteiger partial charge >= 0.3 is 0 Å². The molecule has 2 fully saturated rings. The Bertz CT molecular complexity index is 264. The van der Waals surface area contributed by atoms with E-state index in [4.69, 9.17) is 0 Å². The summed E-state index contributed by atoms with van der Waals surface area (Å²) in [5, 5.41) is 3.84. The van der Waals surface area contributed by atoms with E-state index >= 15 is 0 Å². The predicted octanol–water partition coefficient (Wildman–Crippen LogP) is 4.06. The second kappa shape index (κ2) is 8.38. The molecule has 1 saturated carbocycles. The van der Waals surface area contributed by atoms with Crippen molar-refractivity contribution in [3.8, 4) is 0 Å². The molecule has 0 aromatic carbocycles. The number of rotatable bonds is 5. The molecule has 2 rings (SSSR count). The molecule has 2 nitrogen and oxygen atoms in total. The molecule has 1 N–H and O–H groups in total. The van der Waals surface area contributed by atoms with Crippen LogP contribution in [0, 0.1) is 11.8 Å². The molecule has 118 valence electrons. The lowest BCUT2D eigenvalue weighted by Crippen LogP contribution is -2.47. The van der Waals surface area contributed by atoms with Gasteiger partial charge in [0.25, 0.3) is 0 Å². The monoisotopic (exact) mass is 280 g/mol. The smallest absolute Gasteiger partial charge is 0.0108 e. The zero-order valence-corrected chi connectivity index (χ0v) is 14.0. The zero-order valence-electron chi connectivity index (χ0n) is 14.0. The fourth-order valence-corrected chi connectivity index (χ4v) is 4.21. The number of nitrogens with one attached hydrogen (secondary N) is 1. The predicted molar refractivity (Wildman–Crippen MR) is 88.1 cm³/mol. The Morgan fingerprint density at radius 1 is 1.05 bits per heavy atom. The summed E-state index contributed by atoms with van der Waals surface area (Å²) >= 11 is 0. The summed E-state index contributed by atoms with van der Waals surface area (Å²) in [6, 6.07) is 1.59. The fourth-order valence-electron chi connectivity index (χ4n) is 4.21. The van der Waals surface area contributed by atoms with Crippen molar-refractivity contribution in [2.45, 2.75) is 84.2 Å². The van der Waals surface area contributed by atoms with Gasteiger partial charge in [-0.05, 0) is 70.4 Å². The van der Waals surface area contributed by atoms with Crippen molar-refractivity contribution < 1.29 is 0 Å². The minimum absolute atomic E-state index is 0.779. The van der Waals surface area contributed by atoms with Crippen LogP contribution in [0.15, 0.2) is 0 Å². The quantitative estimate of drug-likeness (QED) is 0.817. The number of hydrogen-bond acceptors (Lipinski definition) is 2.